The van der Waals surface area contributed by atoms with E-state index in [0.29, 0.717) is 13.2 Å². The number of carbonyl (C=O) groups is 1. The summed E-state index contributed by atoms with van der Waals surface area (Å²) in [6.45, 7) is 20.9. The highest BCUT2D eigenvalue weighted by molar-refractivity contribution is 5.60. The number of carbonyl (C=O) groups excluding carboxylic acids is 1. The molecule has 0 heterocycles. The van der Waals surface area contributed by atoms with Gasteiger partial charge < -0.3 is 14.4 Å². The number of rotatable bonds is 43. The minimum Gasteiger partial charge on any atom is -0.433 e. The van der Waals surface area contributed by atoms with Crippen LogP contribution in [0.3, 0.4) is 0 Å². The van der Waals surface area contributed by atoms with E-state index in [9.17, 15) is 4.79 Å². The van der Waals surface area contributed by atoms with Gasteiger partial charge >= 0.3 is 6.16 Å². The topological polar surface area (TPSA) is 42.0 Å². The van der Waals surface area contributed by atoms with Crippen LogP contribution in [0.5, 0.6) is 0 Å². The monoisotopic (exact) mass is 821 g/mol. The maximum atomic E-state index is 13.0. The highest BCUT2D eigenvalue weighted by Crippen LogP contribution is 2.18. The molecule has 5 heteroatoms. The van der Waals surface area contributed by atoms with Crippen LogP contribution in [-0.2, 0) is 9.47 Å². The van der Waals surface area contributed by atoms with E-state index in [4.69, 9.17) is 9.47 Å². The van der Waals surface area contributed by atoms with E-state index in [1.54, 1.807) is 0 Å². The van der Waals surface area contributed by atoms with E-state index in [0.717, 1.165) is 76.8 Å². The van der Waals surface area contributed by atoms with Crippen LogP contribution < -0.4 is 0 Å². The van der Waals surface area contributed by atoms with Crippen molar-refractivity contribution in [3.63, 3.8) is 0 Å². The molecule has 0 saturated carbocycles. The number of hydrogen-bond acceptors (Lipinski definition) is 5. The van der Waals surface area contributed by atoms with Gasteiger partial charge in [0.1, 0.15) is 12.7 Å². The van der Waals surface area contributed by atoms with Gasteiger partial charge in [0.2, 0.25) is 0 Å². The number of hydrogen-bond donors (Lipinski definition) is 0. The summed E-state index contributed by atoms with van der Waals surface area (Å²) in [4.78, 5) is 17.8. The Morgan fingerprint density at radius 3 is 1.44 bits per heavy atom. The predicted molar refractivity (Wildman–Crippen MR) is 261 cm³/mol. The Morgan fingerprint density at radius 2 is 0.983 bits per heavy atom. The standard InChI is InChI=1S/C54H96N2O3/c1-7-12-15-17-19-21-23-25-27-29-31-33-35-37-39-42-45-53(46-43-40-38-36-34-32-30-28-26-24-22-20-18-16-13-8-2)59-54(57)58-50-49-56(48-47-55(10-4)11-5)51-52(6)44-41-14-9-3/h9,14,19-22,25-28,41,44,53H,6-8,10-13,15-18,23-24,29-40,42-43,45-51H2,1-5H3/b14-9-,21-19-,22-20-,27-25-,28-26-,44-41-. The lowest BCUT2D eigenvalue weighted by Gasteiger charge is -2.26. The van der Waals surface area contributed by atoms with Gasteiger partial charge in [0.05, 0.1) is 0 Å². The summed E-state index contributed by atoms with van der Waals surface area (Å²) in [7, 11) is 0. The van der Waals surface area contributed by atoms with Gasteiger partial charge in [-0.3, -0.25) is 4.90 Å². The zero-order valence-electron chi connectivity index (χ0n) is 39.7. The van der Waals surface area contributed by atoms with Gasteiger partial charge in [-0.2, -0.15) is 0 Å². The molecule has 0 fully saturated rings. The number of nitrogens with zero attached hydrogens (tertiary/aromatic N) is 2. The molecule has 0 atom stereocenters. The Hall–Kier alpha value is -2.63. The minimum atomic E-state index is -0.509. The summed E-state index contributed by atoms with van der Waals surface area (Å²) in [6.07, 6.45) is 57.8. The van der Waals surface area contributed by atoms with E-state index >= 15 is 0 Å². The first kappa shape index (κ1) is 56.4. The molecule has 0 aromatic heterocycles. The highest BCUT2D eigenvalue weighted by atomic mass is 16.7. The summed E-state index contributed by atoms with van der Waals surface area (Å²) in [5.74, 6) is 0. The van der Waals surface area contributed by atoms with Crippen LogP contribution >= 0.6 is 0 Å². The van der Waals surface area contributed by atoms with E-state index in [1.807, 2.05) is 25.2 Å². The van der Waals surface area contributed by atoms with Crippen molar-refractivity contribution in [1.82, 2.24) is 9.80 Å². The van der Waals surface area contributed by atoms with E-state index in [-0.39, 0.29) is 6.10 Å². The van der Waals surface area contributed by atoms with Gasteiger partial charge in [-0.05, 0) is 115 Å². The lowest BCUT2D eigenvalue weighted by Crippen LogP contribution is -2.38. The van der Waals surface area contributed by atoms with Crippen LogP contribution in [0, 0.1) is 0 Å². The Labute approximate surface area is 367 Å². The first-order valence-corrected chi connectivity index (χ1v) is 24.9. The molecule has 5 nitrogen and oxygen atoms in total. The predicted octanol–water partition coefficient (Wildman–Crippen LogP) is 16.2. The largest absolute Gasteiger partial charge is 0.508 e. The molecule has 0 aromatic carbocycles. The summed E-state index contributed by atoms with van der Waals surface area (Å²) in [6, 6.07) is 0. The third kappa shape index (κ3) is 41.9. The molecule has 0 rings (SSSR count). The Morgan fingerprint density at radius 1 is 0.542 bits per heavy atom. The summed E-state index contributed by atoms with van der Waals surface area (Å²) in [5.41, 5.74) is 1.05. The molecule has 59 heavy (non-hydrogen) atoms. The molecule has 0 aliphatic rings. The van der Waals surface area contributed by atoms with Crippen molar-refractivity contribution >= 4 is 6.16 Å². The molecule has 340 valence electrons. The van der Waals surface area contributed by atoms with Crippen molar-refractivity contribution in [2.45, 2.75) is 208 Å². The molecule has 0 N–H and O–H groups in total. The smallest absolute Gasteiger partial charge is 0.433 e. The van der Waals surface area contributed by atoms with Crippen LogP contribution in [-0.4, -0.2) is 67.9 Å². The quantitative estimate of drug-likeness (QED) is 0.0265. The first-order chi connectivity index (χ1) is 29.0. The SMILES string of the molecule is C=C(/C=C\C=C/C)CN(CCOC(=O)OC(CCCCCCCC/C=C\C/C=C\CCCCC)CCCCCCCC/C=C\C/C=C\CCCCC)CCN(CC)CC. The van der Waals surface area contributed by atoms with Crippen molar-refractivity contribution < 1.29 is 14.3 Å². The van der Waals surface area contributed by atoms with Crippen LogP contribution in [0.25, 0.3) is 0 Å². The fourth-order valence-corrected chi connectivity index (χ4v) is 7.15. The van der Waals surface area contributed by atoms with Gasteiger partial charge in [0, 0.05) is 26.2 Å². The van der Waals surface area contributed by atoms with Gasteiger partial charge in [0.15, 0.2) is 0 Å². The normalized spacial score (nSPS) is 12.5. The van der Waals surface area contributed by atoms with Crippen LogP contribution in [0.4, 0.5) is 4.79 Å². The fourth-order valence-electron chi connectivity index (χ4n) is 7.15. The molecule has 0 bridgehead atoms. The highest BCUT2D eigenvalue weighted by Gasteiger charge is 2.16. The zero-order valence-corrected chi connectivity index (χ0v) is 39.7. The first-order valence-electron chi connectivity index (χ1n) is 24.9. The van der Waals surface area contributed by atoms with E-state index in [1.165, 1.54) is 128 Å². The second kappa shape index (κ2) is 46.4. The maximum Gasteiger partial charge on any atom is 0.508 e. The van der Waals surface area contributed by atoms with E-state index < -0.39 is 6.16 Å². The molecule has 0 unspecified atom stereocenters. The zero-order chi connectivity index (χ0) is 43.1. The number of unbranched alkanes of at least 4 members (excludes halogenated alkanes) is 18. The second-order valence-corrected chi connectivity index (χ2v) is 16.4. The molecule has 0 spiro atoms. The average Bonchev–Trinajstić information content (AvgIpc) is 3.23. The van der Waals surface area contributed by atoms with Crippen LogP contribution in [0.2, 0.25) is 0 Å². The van der Waals surface area contributed by atoms with Gasteiger partial charge in [-0.1, -0.05) is 184 Å². The van der Waals surface area contributed by atoms with Crippen LogP contribution in [0.1, 0.15) is 202 Å². The molecule has 0 saturated heterocycles. The van der Waals surface area contributed by atoms with Crippen LogP contribution in [0.15, 0.2) is 85.1 Å². The molecule has 0 amide bonds. The summed E-state index contributed by atoms with van der Waals surface area (Å²) in [5, 5.41) is 0. The Bertz CT molecular complexity index is 1050. The molecule has 0 aromatic rings. The minimum absolute atomic E-state index is 0.0607. The third-order valence-electron chi connectivity index (χ3n) is 11.0. The van der Waals surface area contributed by atoms with Gasteiger partial charge in [0.25, 0.3) is 0 Å². The molecule has 0 aliphatic heterocycles. The Balaban J connectivity index is 4.74. The van der Waals surface area contributed by atoms with Gasteiger partial charge in [-0.15, -0.1) is 0 Å². The number of allylic oxidation sites excluding steroid dienone is 11. The summed E-state index contributed by atoms with van der Waals surface area (Å²) < 4.78 is 11.7. The van der Waals surface area contributed by atoms with Crippen molar-refractivity contribution in [3.8, 4) is 0 Å². The maximum absolute atomic E-state index is 13.0. The molecule has 0 aliphatic carbocycles. The summed E-state index contributed by atoms with van der Waals surface area (Å²) >= 11 is 0. The fraction of sp³-hybridized carbons (Fsp3) is 0.722. The average molecular weight is 821 g/mol. The number of likely N-dealkylation sites (N-methyl/N-ethyl adjacent to an activating group) is 1. The van der Waals surface area contributed by atoms with Crippen molar-refractivity contribution in [3.05, 3.63) is 85.1 Å². The van der Waals surface area contributed by atoms with Crippen molar-refractivity contribution in [2.24, 2.45) is 0 Å². The lowest BCUT2D eigenvalue weighted by atomic mass is 10.0. The van der Waals surface area contributed by atoms with Crippen molar-refractivity contribution in [2.75, 3.05) is 45.9 Å². The van der Waals surface area contributed by atoms with Crippen molar-refractivity contribution in [1.29, 1.82) is 0 Å². The second-order valence-electron chi connectivity index (χ2n) is 16.4. The lowest BCUT2D eigenvalue weighted by molar-refractivity contribution is 0.0121. The Kier molecular flexibility index (Phi) is 44.4. The molecular weight excluding hydrogens is 725 g/mol. The molecular formula is C54H96N2O3. The number of ether oxygens (including phenoxy) is 2. The third-order valence-corrected chi connectivity index (χ3v) is 11.0. The van der Waals surface area contributed by atoms with E-state index in [2.05, 4.69) is 98.8 Å². The molecule has 0 radical (unpaired) electrons. The van der Waals surface area contributed by atoms with Gasteiger partial charge in [-0.25, -0.2) is 4.79 Å².